The predicted molar refractivity (Wildman–Crippen MR) is 66.1 cm³/mol. The monoisotopic (exact) mass is 281 g/mol. The fraction of sp³-hybridized carbons (Fsp3) is 0.231. The molecule has 0 atom stereocenters. The summed E-state index contributed by atoms with van der Waals surface area (Å²) in [5.74, 6) is -1.59. The molecule has 1 heterocycles. The second-order valence-corrected chi connectivity index (χ2v) is 3.96. The van der Waals surface area contributed by atoms with Crippen LogP contribution in [0.4, 0.5) is 4.39 Å². The first-order chi connectivity index (χ1) is 9.56. The third kappa shape index (κ3) is 2.62. The topological polar surface area (TPSA) is 81.8 Å². The lowest BCUT2D eigenvalue weighted by Gasteiger charge is -2.09. The highest BCUT2D eigenvalue weighted by molar-refractivity contribution is 5.86. The molecule has 0 radical (unpaired) electrons. The average Bonchev–Trinajstić information content (AvgIpc) is 2.90. The standard InChI is InChI=1S/C13H12FNO5/c1-18-6-7-3-12(19-2)9(14)4-8(7)11-5-10(13(16)17)15-20-11/h3-5H,6H2,1-2H3,(H,16,17). The fourth-order valence-electron chi connectivity index (χ4n) is 1.76. The maximum absolute atomic E-state index is 13.8. The molecule has 20 heavy (non-hydrogen) atoms. The van der Waals surface area contributed by atoms with Crippen molar-refractivity contribution in [2.75, 3.05) is 14.2 Å². The van der Waals surface area contributed by atoms with Crippen molar-refractivity contribution in [2.45, 2.75) is 6.61 Å². The molecule has 0 aliphatic heterocycles. The lowest BCUT2D eigenvalue weighted by Crippen LogP contribution is -1.97. The molecule has 1 aromatic carbocycles. The first-order valence-corrected chi connectivity index (χ1v) is 5.62. The van der Waals surface area contributed by atoms with Crippen molar-refractivity contribution < 1.29 is 28.3 Å². The van der Waals surface area contributed by atoms with E-state index in [4.69, 9.17) is 19.1 Å². The van der Waals surface area contributed by atoms with E-state index in [0.29, 0.717) is 11.1 Å². The molecule has 0 aliphatic carbocycles. The highest BCUT2D eigenvalue weighted by Gasteiger charge is 2.18. The number of ether oxygens (including phenoxy) is 2. The summed E-state index contributed by atoms with van der Waals surface area (Å²) in [6.07, 6.45) is 0. The Bertz CT molecular complexity index is 638. The van der Waals surface area contributed by atoms with Gasteiger partial charge in [0.15, 0.2) is 23.0 Å². The molecule has 1 aromatic heterocycles. The predicted octanol–water partition coefficient (Wildman–Crippen LogP) is 2.33. The van der Waals surface area contributed by atoms with Crippen LogP contribution in [-0.2, 0) is 11.3 Å². The van der Waals surface area contributed by atoms with Gasteiger partial charge in [0.1, 0.15) is 0 Å². The number of carbonyl (C=O) groups is 1. The van der Waals surface area contributed by atoms with E-state index in [1.165, 1.54) is 32.4 Å². The number of hydrogen-bond donors (Lipinski definition) is 1. The van der Waals surface area contributed by atoms with E-state index in [1.807, 2.05) is 0 Å². The van der Waals surface area contributed by atoms with Crippen LogP contribution >= 0.6 is 0 Å². The van der Waals surface area contributed by atoms with E-state index >= 15 is 0 Å². The lowest BCUT2D eigenvalue weighted by atomic mass is 10.0. The summed E-state index contributed by atoms with van der Waals surface area (Å²) in [7, 11) is 2.84. The Morgan fingerprint density at radius 3 is 2.70 bits per heavy atom. The molecule has 0 fully saturated rings. The van der Waals surface area contributed by atoms with Crippen LogP contribution in [0.1, 0.15) is 16.1 Å². The minimum Gasteiger partial charge on any atom is -0.494 e. The van der Waals surface area contributed by atoms with Crippen LogP contribution in [0.3, 0.4) is 0 Å². The molecule has 1 N–H and O–H groups in total. The molecule has 0 saturated heterocycles. The number of methoxy groups -OCH3 is 2. The Labute approximate surface area is 113 Å². The van der Waals surface area contributed by atoms with E-state index < -0.39 is 11.8 Å². The smallest absolute Gasteiger partial charge is 0.358 e. The van der Waals surface area contributed by atoms with E-state index in [9.17, 15) is 9.18 Å². The number of aromatic nitrogens is 1. The zero-order chi connectivity index (χ0) is 14.7. The van der Waals surface area contributed by atoms with Gasteiger partial charge in [-0.3, -0.25) is 0 Å². The number of aromatic carboxylic acids is 1. The largest absolute Gasteiger partial charge is 0.494 e. The number of carboxylic acids is 1. The first kappa shape index (κ1) is 14.0. The zero-order valence-corrected chi connectivity index (χ0v) is 10.8. The number of nitrogens with zero attached hydrogens (tertiary/aromatic N) is 1. The van der Waals surface area contributed by atoms with Gasteiger partial charge in [0.25, 0.3) is 0 Å². The number of carboxylic acid groups (broad SMARTS) is 1. The van der Waals surface area contributed by atoms with Crippen molar-refractivity contribution in [3.63, 3.8) is 0 Å². The summed E-state index contributed by atoms with van der Waals surface area (Å²) in [5, 5.41) is 12.2. The first-order valence-electron chi connectivity index (χ1n) is 5.62. The number of hydrogen-bond acceptors (Lipinski definition) is 5. The summed E-state index contributed by atoms with van der Waals surface area (Å²) >= 11 is 0. The van der Waals surface area contributed by atoms with Crippen LogP contribution in [0.15, 0.2) is 22.7 Å². The molecule has 2 aromatic rings. The minimum atomic E-state index is -1.22. The van der Waals surface area contributed by atoms with Crippen molar-refractivity contribution in [1.29, 1.82) is 0 Å². The molecular formula is C13H12FNO5. The second kappa shape index (κ2) is 5.70. The number of rotatable bonds is 5. The molecular weight excluding hydrogens is 269 g/mol. The minimum absolute atomic E-state index is 0.0683. The molecule has 0 spiro atoms. The van der Waals surface area contributed by atoms with Crippen LogP contribution in [-0.4, -0.2) is 30.5 Å². The van der Waals surface area contributed by atoms with Crippen LogP contribution in [0.25, 0.3) is 11.3 Å². The normalized spacial score (nSPS) is 10.6. The van der Waals surface area contributed by atoms with Gasteiger partial charge in [0, 0.05) is 18.7 Å². The van der Waals surface area contributed by atoms with Gasteiger partial charge in [-0.25, -0.2) is 9.18 Å². The Hall–Kier alpha value is -2.41. The SMILES string of the molecule is COCc1cc(OC)c(F)cc1-c1cc(C(=O)O)no1. The van der Waals surface area contributed by atoms with Gasteiger partial charge in [-0.2, -0.15) is 0 Å². The van der Waals surface area contributed by atoms with E-state index in [2.05, 4.69) is 5.16 Å². The fourth-order valence-corrected chi connectivity index (χ4v) is 1.76. The van der Waals surface area contributed by atoms with Gasteiger partial charge in [-0.15, -0.1) is 0 Å². The van der Waals surface area contributed by atoms with E-state index in [-0.39, 0.29) is 23.8 Å². The zero-order valence-electron chi connectivity index (χ0n) is 10.8. The summed E-state index contributed by atoms with van der Waals surface area (Å²) in [6.45, 7) is 0.190. The van der Waals surface area contributed by atoms with Gasteiger partial charge in [0.05, 0.1) is 13.7 Å². The van der Waals surface area contributed by atoms with Gasteiger partial charge in [-0.1, -0.05) is 5.16 Å². The second-order valence-electron chi connectivity index (χ2n) is 3.96. The van der Waals surface area contributed by atoms with Crippen LogP contribution < -0.4 is 4.74 Å². The molecule has 0 amide bonds. The van der Waals surface area contributed by atoms with Gasteiger partial charge in [0.2, 0.25) is 0 Å². The lowest BCUT2D eigenvalue weighted by molar-refractivity contribution is 0.0686. The Kier molecular flexibility index (Phi) is 3.99. The molecule has 6 nitrogen and oxygen atoms in total. The number of benzene rings is 1. The molecule has 106 valence electrons. The molecule has 7 heteroatoms. The summed E-state index contributed by atoms with van der Waals surface area (Å²) < 4.78 is 28.6. The van der Waals surface area contributed by atoms with E-state index in [1.54, 1.807) is 0 Å². The molecule has 0 bridgehead atoms. The third-order valence-electron chi connectivity index (χ3n) is 2.67. The van der Waals surface area contributed by atoms with Crippen molar-refractivity contribution in [1.82, 2.24) is 5.16 Å². The van der Waals surface area contributed by atoms with Gasteiger partial charge in [-0.05, 0) is 17.7 Å². The molecule has 0 unspecified atom stereocenters. The Morgan fingerprint density at radius 2 is 2.15 bits per heavy atom. The number of halogens is 1. The summed E-state index contributed by atoms with van der Waals surface area (Å²) in [4.78, 5) is 10.8. The molecule has 2 rings (SSSR count). The maximum Gasteiger partial charge on any atom is 0.358 e. The Morgan fingerprint density at radius 1 is 1.40 bits per heavy atom. The summed E-state index contributed by atoms with van der Waals surface area (Å²) in [5.41, 5.74) is 0.712. The van der Waals surface area contributed by atoms with E-state index in [0.717, 1.165) is 0 Å². The van der Waals surface area contributed by atoms with Crippen molar-refractivity contribution >= 4 is 5.97 Å². The summed E-state index contributed by atoms with van der Waals surface area (Å²) in [6, 6.07) is 3.89. The average molecular weight is 281 g/mol. The quantitative estimate of drug-likeness (QED) is 0.905. The maximum atomic E-state index is 13.8. The third-order valence-corrected chi connectivity index (χ3v) is 2.67. The van der Waals surface area contributed by atoms with Crippen LogP contribution in [0, 0.1) is 5.82 Å². The van der Waals surface area contributed by atoms with Crippen LogP contribution in [0.5, 0.6) is 5.75 Å². The van der Waals surface area contributed by atoms with Gasteiger partial charge < -0.3 is 19.1 Å². The van der Waals surface area contributed by atoms with Crippen molar-refractivity contribution in [2.24, 2.45) is 0 Å². The molecule has 0 aliphatic rings. The van der Waals surface area contributed by atoms with Gasteiger partial charge >= 0.3 is 5.97 Å². The highest BCUT2D eigenvalue weighted by atomic mass is 19.1. The van der Waals surface area contributed by atoms with Crippen LogP contribution in [0.2, 0.25) is 0 Å². The molecule has 0 saturated carbocycles. The highest BCUT2D eigenvalue weighted by Crippen LogP contribution is 2.31. The van der Waals surface area contributed by atoms with Crippen molar-refractivity contribution in [3.8, 4) is 17.1 Å². The Balaban J connectivity index is 2.52. The van der Waals surface area contributed by atoms with Crippen molar-refractivity contribution in [3.05, 3.63) is 35.3 Å².